The Kier molecular flexibility index (Phi) is 4.83. The molecule has 0 saturated carbocycles. The summed E-state index contributed by atoms with van der Waals surface area (Å²) in [6.07, 6.45) is 1.96. The Morgan fingerprint density at radius 3 is 2.73 bits per heavy atom. The average Bonchev–Trinajstić information content (AvgIpc) is 2.26. The van der Waals surface area contributed by atoms with Crippen molar-refractivity contribution in [3.05, 3.63) is 29.3 Å². The van der Waals surface area contributed by atoms with E-state index in [4.69, 9.17) is 0 Å². The van der Waals surface area contributed by atoms with Gasteiger partial charge in [0.15, 0.2) is 0 Å². The van der Waals surface area contributed by atoms with Crippen LogP contribution < -0.4 is 0 Å². The number of rotatable bonds is 4. The van der Waals surface area contributed by atoms with Crippen LogP contribution in [0.25, 0.3) is 0 Å². The maximum Gasteiger partial charge on any atom is 0.147 e. The van der Waals surface area contributed by atoms with Crippen LogP contribution in [-0.2, 0) is 11.4 Å². The number of aliphatic hydroxyl groups excluding tert-OH is 1. The summed E-state index contributed by atoms with van der Waals surface area (Å²) >= 11 is 4.94. The van der Waals surface area contributed by atoms with Gasteiger partial charge in [0.2, 0.25) is 0 Å². The zero-order valence-electron chi connectivity index (χ0n) is 8.66. The molecule has 0 heterocycles. The molecule has 0 bridgehead atoms. The van der Waals surface area contributed by atoms with E-state index in [1.807, 2.05) is 24.5 Å². The smallest absolute Gasteiger partial charge is 0.147 e. The predicted octanol–water partition coefficient (Wildman–Crippen LogP) is 2.93. The summed E-state index contributed by atoms with van der Waals surface area (Å²) < 4.78 is 0. The van der Waals surface area contributed by atoms with Crippen molar-refractivity contribution in [1.29, 1.82) is 0 Å². The number of thioether (sulfide) groups is 1. The molecule has 0 radical (unpaired) electrons. The van der Waals surface area contributed by atoms with E-state index in [1.165, 1.54) is 6.92 Å². The highest BCUT2D eigenvalue weighted by atomic mass is 79.9. The molecule has 82 valence electrons. The average molecular weight is 289 g/mol. The monoisotopic (exact) mass is 288 g/mol. The quantitative estimate of drug-likeness (QED) is 0.684. The lowest BCUT2D eigenvalue weighted by molar-refractivity contribution is -0.116. The molecule has 0 aliphatic heterocycles. The van der Waals surface area contributed by atoms with Crippen molar-refractivity contribution in [3.8, 4) is 0 Å². The number of halogens is 1. The molecule has 0 saturated heterocycles. The summed E-state index contributed by atoms with van der Waals surface area (Å²) in [5.41, 5.74) is 1.69. The molecule has 0 spiro atoms. The van der Waals surface area contributed by atoms with Crippen molar-refractivity contribution in [2.24, 2.45) is 0 Å². The molecule has 0 amide bonds. The van der Waals surface area contributed by atoms with Crippen LogP contribution in [0.5, 0.6) is 0 Å². The number of benzene rings is 1. The van der Waals surface area contributed by atoms with Gasteiger partial charge in [-0.1, -0.05) is 28.1 Å². The number of carbonyl (C=O) groups excluding carboxylic acids is 1. The molecule has 1 rings (SSSR count). The van der Waals surface area contributed by atoms with Gasteiger partial charge in [0.05, 0.1) is 11.4 Å². The molecule has 1 atom stereocenters. The number of hydrogen-bond acceptors (Lipinski definition) is 3. The Balaban J connectivity index is 3.27. The van der Waals surface area contributed by atoms with E-state index in [0.717, 1.165) is 16.0 Å². The van der Waals surface area contributed by atoms with Crippen LogP contribution in [0.4, 0.5) is 0 Å². The highest BCUT2D eigenvalue weighted by molar-refractivity contribution is 9.09. The minimum atomic E-state index is -0.330. The fourth-order valence-corrected chi connectivity index (χ4v) is 2.77. The fourth-order valence-electron chi connectivity index (χ4n) is 1.40. The first kappa shape index (κ1) is 12.7. The van der Waals surface area contributed by atoms with Crippen LogP contribution in [0.3, 0.4) is 0 Å². The van der Waals surface area contributed by atoms with Gasteiger partial charge in [0.25, 0.3) is 0 Å². The summed E-state index contributed by atoms with van der Waals surface area (Å²) in [5.74, 6) is 0.0474. The molecule has 15 heavy (non-hydrogen) atoms. The summed E-state index contributed by atoms with van der Waals surface area (Å²) in [7, 11) is 0. The number of Topliss-reactive ketones (excluding diaryl/α,β-unsaturated/α-hetero) is 1. The van der Waals surface area contributed by atoms with Gasteiger partial charge < -0.3 is 5.11 Å². The molecule has 1 aromatic rings. The van der Waals surface area contributed by atoms with Crippen molar-refractivity contribution in [2.75, 3.05) is 6.26 Å². The second-order valence-electron chi connectivity index (χ2n) is 3.16. The van der Waals surface area contributed by atoms with Gasteiger partial charge in [-0.05, 0) is 30.4 Å². The summed E-state index contributed by atoms with van der Waals surface area (Å²) in [6, 6.07) is 5.68. The van der Waals surface area contributed by atoms with Gasteiger partial charge in [-0.2, -0.15) is 0 Å². The third kappa shape index (κ3) is 2.83. The van der Waals surface area contributed by atoms with E-state index in [0.29, 0.717) is 0 Å². The van der Waals surface area contributed by atoms with Gasteiger partial charge in [0, 0.05) is 4.90 Å². The lowest BCUT2D eigenvalue weighted by atomic mass is 10.0. The minimum Gasteiger partial charge on any atom is -0.392 e. The molecular formula is C11H13BrO2S. The molecule has 0 fully saturated rings. The van der Waals surface area contributed by atoms with Crippen LogP contribution in [0.2, 0.25) is 0 Å². The first-order valence-corrected chi connectivity index (χ1v) is 6.67. The van der Waals surface area contributed by atoms with Crippen LogP contribution in [0, 0.1) is 0 Å². The van der Waals surface area contributed by atoms with Crippen molar-refractivity contribution < 1.29 is 9.90 Å². The van der Waals surface area contributed by atoms with Crippen molar-refractivity contribution in [3.63, 3.8) is 0 Å². The largest absolute Gasteiger partial charge is 0.392 e. The Labute approximate surface area is 102 Å². The van der Waals surface area contributed by atoms with E-state index >= 15 is 0 Å². The lowest BCUT2D eigenvalue weighted by Crippen LogP contribution is -2.06. The molecule has 0 aliphatic carbocycles. The Hall–Kier alpha value is -0.320. The number of carbonyl (C=O) groups is 1. The topological polar surface area (TPSA) is 37.3 Å². The zero-order valence-corrected chi connectivity index (χ0v) is 11.1. The van der Waals surface area contributed by atoms with Gasteiger partial charge in [-0.25, -0.2) is 0 Å². The molecule has 0 aromatic heterocycles. The first-order valence-electron chi connectivity index (χ1n) is 4.53. The van der Waals surface area contributed by atoms with E-state index in [1.54, 1.807) is 11.8 Å². The summed E-state index contributed by atoms with van der Waals surface area (Å²) in [6.45, 7) is 1.50. The number of hydrogen-bond donors (Lipinski definition) is 1. The summed E-state index contributed by atoms with van der Waals surface area (Å²) in [4.78, 5) is 12.0. The van der Waals surface area contributed by atoms with Crippen LogP contribution in [0.1, 0.15) is 22.9 Å². The number of ketones is 1. The molecular weight excluding hydrogens is 276 g/mol. The first-order chi connectivity index (χ1) is 7.11. The third-order valence-corrected chi connectivity index (χ3v) is 4.06. The maximum atomic E-state index is 11.3. The second-order valence-corrected chi connectivity index (χ2v) is 4.93. The standard InChI is InChI=1S/C11H13BrO2S/c1-7(14)11(12)10-8(6-13)4-3-5-9(10)15-2/h3-5,11,13H,6H2,1-2H3. The second kappa shape index (κ2) is 5.68. The fraction of sp³-hybridized carbons (Fsp3) is 0.364. The van der Waals surface area contributed by atoms with Gasteiger partial charge in [-0.3, -0.25) is 4.79 Å². The van der Waals surface area contributed by atoms with Gasteiger partial charge in [-0.15, -0.1) is 11.8 Å². The van der Waals surface area contributed by atoms with Crippen LogP contribution in [-0.4, -0.2) is 17.1 Å². The van der Waals surface area contributed by atoms with E-state index in [2.05, 4.69) is 15.9 Å². The molecule has 1 unspecified atom stereocenters. The van der Waals surface area contributed by atoms with Crippen molar-refractivity contribution in [1.82, 2.24) is 0 Å². The van der Waals surface area contributed by atoms with Crippen LogP contribution >= 0.6 is 27.7 Å². The minimum absolute atomic E-state index is 0.0425. The highest BCUT2D eigenvalue weighted by Gasteiger charge is 2.19. The number of aliphatic hydroxyl groups is 1. The Bertz CT molecular complexity index is 343. The number of alkyl halides is 1. The Morgan fingerprint density at radius 2 is 2.27 bits per heavy atom. The molecule has 1 N–H and O–H groups in total. The SMILES string of the molecule is CSc1cccc(CO)c1C(Br)C(C)=O. The van der Waals surface area contributed by atoms with E-state index < -0.39 is 0 Å². The lowest BCUT2D eigenvalue weighted by Gasteiger charge is -2.15. The third-order valence-electron chi connectivity index (χ3n) is 2.16. The van der Waals surface area contributed by atoms with Crippen molar-refractivity contribution in [2.45, 2.75) is 23.3 Å². The Morgan fingerprint density at radius 1 is 1.60 bits per heavy atom. The van der Waals surface area contributed by atoms with E-state index in [9.17, 15) is 9.90 Å². The van der Waals surface area contributed by atoms with Crippen LogP contribution in [0.15, 0.2) is 23.1 Å². The normalized spacial score (nSPS) is 12.5. The summed E-state index contributed by atoms with van der Waals surface area (Å²) in [5, 5.41) is 9.23. The van der Waals surface area contributed by atoms with Gasteiger partial charge >= 0.3 is 0 Å². The van der Waals surface area contributed by atoms with Gasteiger partial charge in [0.1, 0.15) is 5.78 Å². The highest BCUT2D eigenvalue weighted by Crippen LogP contribution is 2.34. The maximum absolute atomic E-state index is 11.3. The molecule has 2 nitrogen and oxygen atoms in total. The zero-order chi connectivity index (χ0) is 11.4. The molecule has 1 aromatic carbocycles. The molecule has 0 aliphatic rings. The molecule has 4 heteroatoms. The van der Waals surface area contributed by atoms with Crippen molar-refractivity contribution >= 4 is 33.5 Å². The predicted molar refractivity (Wildman–Crippen MR) is 66.5 cm³/mol. The van der Waals surface area contributed by atoms with E-state index in [-0.39, 0.29) is 17.2 Å².